The summed E-state index contributed by atoms with van der Waals surface area (Å²) in [5.74, 6) is 1.76. The average Bonchev–Trinajstić information content (AvgIpc) is 3.41. The second kappa shape index (κ2) is 7.69. The molecule has 0 radical (unpaired) electrons. The fourth-order valence-corrected chi connectivity index (χ4v) is 3.75. The van der Waals surface area contributed by atoms with E-state index in [4.69, 9.17) is 4.52 Å². The number of hydrazine groups is 1. The lowest BCUT2D eigenvalue weighted by Gasteiger charge is -2.33. The molecule has 2 aliphatic heterocycles. The molecule has 4 rings (SSSR count). The van der Waals surface area contributed by atoms with Crippen LogP contribution >= 0.6 is 0 Å². The Kier molecular flexibility index (Phi) is 5.12. The highest BCUT2D eigenvalue weighted by Gasteiger charge is 2.39. The van der Waals surface area contributed by atoms with Crippen molar-refractivity contribution in [3.63, 3.8) is 0 Å². The monoisotopic (exact) mass is 375 g/mol. The number of amides is 1. The van der Waals surface area contributed by atoms with Crippen LogP contribution in [0.4, 0.5) is 0 Å². The van der Waals surface area contributed by atoms with Gasteiger partial charge in [0.1, 0.15) is 12.5 Å². The zero-order valence-electron chi connectivity index (χ0n) is 15.6. The van der Waals surface area contributed by atoms with Crippen LogP contribution in [0.3, 0.4) is 0 Å². The molecule has 0 aliphatic carbocycles. The standard InChI is InChI=1S/C16H25N9O2/c1-10(2)6-13-19-15(27-21-13)11-4-3-5-24(8-11)16(26)12-7-17-20-14(12)25-9-18-22-23-25/h9-12,14,17,20H,3-8H2,1-2H3. The Bertz CT molecular complexity index is 760. The van der Waals surface area contributed by atoms with Crippen LogP contribution in [0.15, 0.2) is 10.9 Å². The van der Waals surface area contributed by atoms with Crippen LogP contribution in [0, 0.1) is 11.8 Å². The van der Waals surface area contributed by atoms with E-state index in [-0.39, 0.29) is 23.9 Å². The van der Waals surface area contributed by atoms with E-state index in [2.05, 4.69) is 50.4 Å². The van der Waals surface area contributed by atoms with E-state index in [1.54, 1.807) is 4.68 Å². The van der Waals surface area contributed by atoms with Gasteiger partial charge in [-0.1, -0.05) is 19.0 Å². The number of hydrogen-bond acceptors (Lipinski definition) is 9. The summed E-state index contributed by atoms with van der Waals surface area (Å²) in [5.41, 5.74) is 6.12. The minimum absolute atomic E-state index is 0.0830. The molecule has 11 heteroatoms. The first-order chi connectivity index (χ1) is 13.1. The molecule has 2 aliphatic rings. The number of rotatable bonds is 5. The van der Waals surface area contributed by atoms with Crippen molar-refractivity contribution < 1.29 is 9.32 Å². The molecule has 146 valence electrons. The number of nitrogens with one attached hydrogen (secondary N) is 2. The Morgan fingerprint density at radius 1 is 1.44 bits per heavy atom. The van der Waals surface area contributed by atoms with E-state index in [1.165, 1.54) is 6.33 Å². The number of nitrogens with zero attached hydrogens (tertiary/aromatic N) is 7. The summed E-state index contributed by atoms with van der Waals surface area (Å²) < 4.78 is 7.05. The minimum Gasteiger partial charge on any atom is -0.342 e. The van der Waals surface area contributed by atoms with Crippen LogP contribution in [0.5, 0.6) is 0 Å². The van der Waals surface area contributed by atoms with E-state index in [9.17, 15) is 4.79 Å². The van der Waals surface area contributed by atoms with Crippen LogP contribution in [-0.4, -0.2) is 60.8 Å². The van der Waals surface area contributed by atoms with Crippen LogP contribution in [0.1, 0.15) is 50.5 Å². The highest BCUT2D eigenvalue weighted by Crippen LogP contribution is 2.29. The highest BCUT2D eigenvalue weighted by atomic mass is 16.5. The number of carbonyl (C=O) groups excluding carboxylic acids is 1. The first-order valence-electron chi connectivity index (χ1n) is 9.44. The maximum absolute atomic E-state index is 13.1. The molecule has 1 amide bonds. The molecular weight excluding hydrogens is 350 g/mol. The van der Waals surface area contributed by atoms with E-state index < -0.39 is 0 Å². The molecule has 2 fully saturated rings. The fraction of sp³-hybridized carbons (Fsp3) is 0.750. The Morgan fingerprint density at radius 2 is 2.33 bits per heavy atom. The number of likely N-dealkylation sites (tertiary alicyclic amines) is 1. The quantitative estimate of drug-likeness (QED) is 0.735. The Labute approximate surface area is 156 Å². The summed E-state index contributed by atoms with van der Waals surface area (Å²) in [7, 11) is 0. The molecule has 0 spiro atoms. The van der Waals surface area contributed by atoms with Crippen molar-refractivity contribution in [2.75, 3.05) is 19.6 Å². The molecule has 27 heavy (non-hydrogen) atoms. The number of carbonyl (C=O) groups is 1. The minimum atomic E-state index is -0.297. The Morgan fingerprint density at radius 3 is 3.11 bits per heavy atom. The molecule has 2 aromatic rings. The molecule has 3 atom stereocenters. The average molecular weight is 375 g/mol. The van der Waals surface area contributed by atoms with Crippen LogP contribution in [-0.2, 0) is 11.2 Å². The maximum atomic E-state index is 13.1. The van der Waals surface area contributed by atoms with Crippen LogP contribution in [0.25, 0.3) is 0 Å². The van der Waals surface area contributed by atoms with Gasteiger partial charge in [0.25, 0.3) is 0 Å². The number of piperidine rings is 1. The van der Waals surface area contributed by atoms with Crippen molar-refractivity contribution in [1.82, 2.24) is 46.1 Å². The summed E-state index contributed by atoms with van der Waals surface area (Å²) in [6.45, 7) is 6.12. The zero-order chi connectivity index (χ0) is 18.8. The van der Waals surface area contributed by atoms with E-state index in [0.717, 1.165) is 31.6 Å². The predicted molar refractivity (Wildman–Crippen MR) is 92.9 cm³/mol. The van der Waals surface area contributed by atoms with Gasteiger partial charge in [-0.2, -0.15) is 4.98 Å². The van der Waals surface area contributed by atoms with Crippen molar-refractivity contribution >= 4 is 5.91 Å². The smallest absolute Gasteiger partial charge is 0.231 e. The van der Waals surface area contributed by atoms with E-state index >= 15 is 0 Å². The summed E-state index contributed by atoms with van der Waals surface area (Å²) in [6.07, 6.45) is 3.88. The highest BCUT2D eigenvalue weighted by molar-refractivity contribution is 5.80. The Hall–Kier alpha value is -2.40. The molecule has 0 saturated carbocycles. The van der Waals surface area contributed by atoms with Gasteiger partial charge in [0.05, 0.1) is 11.8 Å². The van der Waals surface area contributed by atoms with Gasteiger partial charge in [-0.15, -0.1) is 5.10 Å². The molecular formula is C16H25N9O2. The van der Waals surface area contributed by atoms with Gasteiger partial charge in [-0.05, 0) is 29.2 Å². The normalized spacial score (nSPS) is 26.0. The first kappa shape index (κ1) is 18.0. The van der Waals surface area contributed by atoms with Gasteiger partial charge in [0.15, 0.2) is 5.82 Å². The predicted octanol–water partition coefficient (Wildman–Crippen LogP) is -0.117. The number of hydrogen-bond donors (Lipinski definition) is 2. The summed E-state index contributed by atoms with van der Waals surface area (Å²) >= 11 is 0. The largest absolute Gasteiger partial charge is 0.342 e. The summed E-state index contributed by atoms with van der Waals surface area (Å²) in [6, 6.07) is 0. The third-order valence-electron chi connectivity index (χ3n) is 5.08. The number of tetrazole rings is 1. The lowest BCUT2D eigenvalue weighted by molar-refractivity contribution is -0.137. The van der Waals surface area contributed by atoms with Crippen molar-refractivity contribution in [2.45, 2.75) is 45.2 Å². The molecule has 2 saturated heterocycles. The van der Waals surface area contributed by atoms with Crippen LogP contribution in [0.2, 0.25) is 0 Å². The van der Waals surface area contributed by atoms with Gasteiger partial charge in [-0.25, -0.2) is 10.1 Å². The first-order valence-corrected chi connectivity index (χ1v) is 9.44. The molecule has 2 aromatic heterocycles. The maximum Gasteiger partial charge on any atom is 0.231 e. The van der Waals surface area contributed by atoms with Gasteiger partial charge in [-0.3, -0.25) is 10.2 Å². The van der Waals surface area contributed by atoms with Crippen molar-refractivity contribution in [3.8, 4) is 0 Å². The fourth-order valence-electron chi connectivity index (χ4n) is 3.75. The van der Waals surface area contributed by atoms with Crippen molar-refractivity contribution in [1.29, 1.82) is 0 Å². The third kappa shape index (κ3) is 3.83. The molecule has 0 aromatic carbocycles. The zero-order valence-corrected chi connectivity index (χ0v) is 15.6. The second-order valence-electron chi connectivity index (χ2n) is 7.64. The van der Waals surface area contributed by atoms with Crippen molar-refractivity contribution in [2.24, 2.45) is 11.8 Å². The van der Waals surface area contributed by atoms with Gasteiger partial charge in [0, 0.05) is 26.1 Å². The lowest BCUT2D eigenvalue weighted by atomic mass is 9.96. The van der Waals surface area contributed by atoms with E-state index in [0.29, 0.717) is 24.9 Å². The van der Waals surface area contributed by atoms with Crippen molar-refractivity contribution in [3.05, 3.63) is 18.0 Å². The van der Waals surface area contributed by atoms with Gasteiger partial charge >= 0.3 is 0 Å². The molecule has 3 unspecified atom stereocenters. The molecule has 4 heterocycles. The SMILES string of the molecule is CC(C)Cc1noc(C2CCCN(C(=O)C3CNNC3n3cnnn3)C2)n1. The molecule has 11 nitrogen and oxygen atoms in total. The van der Waals surface area contributed by atoms with E-state index in [1.807, 2.05) is 4.90 Å². The molecule has 0 bridgehead atoms. The second-order valence-corrected chi connectivity index (χ2v) is 7.64. The topological polar surface area (TPSA) is 127 Å². The summed E-state index contributed by atoms with van der Waals surface area (Å²) in [5, 5.41) is 15.3. The van der Waals surface area contributed by atoms with Gasteiger partial charge < -0.3 is 9.42 Å². The third-order valence-corrected chi connectivity index (χ3v) is 5.08. The van der Waals surface area contributed by atoms with Gasteiger partial charge in [0.2, 0.25) is 11.8 Å². The Balaban J connectivity index is 1.43. The molecule has 2 N–H and O–H groups in total. The lowest BCUT2D eigenvalue weighted by Crippen LogP contribution is -2.45. The summed E-state index contributed by atoms with van der Waals surface area (Å²) in [4.78, 5) is 19.6. The van der Waals surface area contributed by atoms with Crippen LogP contribution < -0.4 is 10.9 Å². The number of aromatic nitrogens is 6.